The lowest BCUT2D eigenvalue weighted by Crippen LogP contribution is -2.26. The second-order valence-electron chi connectivity index (χ2n) is 7.61. The number of ketones is 2. The van der Waals surface area contributed by atoms with Crippen LogP contribution in [0.2, 0.25) is 0 Å². The number of amides is 1. The molecule has 0 saturated heterocycles. The SMILES string of the molecule is COc1cc(NC(=O)c2ccco2)c(C(=O)[C@H](C(=O)c2ccccc2)c2nccn2C)cc1OC. The fourth-order valence-corrected chi connectivity index (χ4v) is 3.71. The molecule has 2 aromatic carbocycles. The third-order valence-corrected chi connectivity index (χ3v) is 5.48. The van der Waals surface area contributed by atoms with Crippen molar-refractivity contribution >= 4 is 23.2 Å². The van der Waals surface area contributed by atoms with Gasteiger partial charge in [0.05, 0.1) is 26.2 Å². The van der Waals surface area contributed by atoms with Gasteiger partial charge < -0.3 is 23.8 Å². The highest BCUT2D eigenvalue weighted by Gasteiger charge is 2.35. The number of ether oxygens (including phenoxy) is 2. The summed E-state index contributed by atoms with van der Waals surface area (Å²) >= 11 is 0. The highest BCUT2D eigenvalue weighted by molar-refractivity contribution is 6.22. The average Bonchev–Trinajstić information content (AvgIpc) is 3.57. The number of furan rings is 1. The summed E-state index contributed by atoms with van der Waals surface area (Å²) in [6.45, 7) is 0. The normalized spacial score (nSPS) is 11.5. The van der Waals surface area contributed by atoms with Crippen LogP contribution in [-0.4, -0.2) is 41.2 Å². The Morgan fingerprint density at radius 1 is 0.971 bits per heavy atom. The number of aromatic nitrogens is 2. The fraction of sp³-hybridized carbons (Fsp3) is 0.154. The van der Waals surface area contributed by atoms with Crippen molar-refractivity contribution in [2.24, 2.45) is 7.05 Å². The molecule has 9 nitrogen and oxygen atoms in total. The number of hydrogen-bond donors (Lipinski definition) is 1. The molecule has 35 heavy (non-hydrogen) atoms. The molecule has 9 heteroatoms. The van der Waals surface area contributed by atoms with Crippen LogP contribution in [0.5, 0.6) is 11.5 Å². The summed E-state index contributed by atoms with van der Waals surface area (Å²) in [5, 5.41) is 2.69. The minimum atomic E-state index is -1.27. The van der Waals surface area contributed by atoms with Gasteiger partial charge in [-0.15, -0.1) is 0 Å². The van der Waals surface area contributed by atoms with Gasteiger partial charge in [-0.05, 0) is 18.2 Å². The minimum Gasteiger partial charge on any atom is -0.493 e. The summed E-state index contributed by atoms with van der Waals surface area (Å²) in [5.41, 5.74) is 0.546. The van der Waals surface area contributed by atoms with Gasteiger partial charge in [0, 0.05) is 36.6 Å². The number of benzene rings is 2. The number of aryl methyl sites for hydroxylation is 1. The fourth-order valence-electron chi connectivity index (χ4n) is 3.71. The number of carbonyl (C=O) groups is 3. The third kappa shape index (κ3) is 4.70. The van der Waals surface area contributed by atoms with Crippen molar-refractivity contribution in [2.45, 2.75) is 5.92 Å². The summed E-state index contributed by atoms with van der Waals surface area (Å²) in [4.78, 5) is 44.6. The molecule has 2 heterocycles. The topological polar surface area (TPSA) is 113 Å². The van der Waals surface area contributed by atoms with E-state index in [0.29, 0.717) is 11.3 Å². The van der Waals surface area contributed by atoms with Gasteiger partial charge in [-0.1, -0.05) is 30.3 Å². The number of hydrogen-bond acceptors (Lipinski definition) is 7. The Morgan fingerprint density at radius 3 is 2.29 bits per heavy atom. The van der Waals surface area contributed by atoms with Crippen LogP contribution in [0, 0.1) is 0 Å². The molecule has 0 spiro atoms. The lowest BCUT2D eigenvalue weighted by molar-refractivity contribution is 0.0854. The summed E-state index contributed by atoms with van der Waals surface area (Å²) in [6.07, 6.45) is 4.54. The quantitative estimate of drug-likeness (QED) is 0.287. The van der Waals surface area contributed by atoms with Crippen LogP contribution >= 0.6 is 0 Å². The Balaban J connectivity index is 1.84. The molecular formula is C26H23N3O6. The van der Waals surface area contributed by atoms with Gasteiger partial charge in [0.1, 0.15) is 11.7 Å². The van der Waals surface area contributed by atoms with Crippen molar-refractivity contribution in [2.75, 3.05) is 19.5 Å². The van der Waals surface area contributed by atoms with Crippen LogP contribution in [0.25, 0.3) is 0 Å². The Labute approximate surface area is 201 Å². The Kier molecular flexibility index (Phi) is 6.77. The van der Waals surface area contributed by atoms with E-state index in [9.17, 15) is 14.4 Å². The first-order valence-corrected chi connectivity index (χ1v) is 10.7. The Hall–Kier alpha value is -4.66. The van der Waals surface area contributed by atoms with Gasteiger partial charge in [-0.3, -0.25) is 14.4 Å². The summed E-state index contributed by atoms with van der Waals surface area (Å²) < 4.78 is 17.5. The number of anilines is 1. The van der Waals surface area contributed by atoms with Gasteiger partial charge in [0.25, 0.3) is 5.91 Å². The van der Waals surface area contributed by atoms with Crippen LogP contribution in [0.1, 0.15) is 43.0 Å². The molecule has 1 atom stereocenters. The predicted octanol–water partition coefficient (Wildman–Crippen LogP) is 4.13. The molecule has 1 amide bonds. The lowest BCUT2D eigenvalue weighted by atomic mass is 9.88. The molecule has 0 fully saturated rings. The van der Waals surface area contributed by atoms with E-state index in [1.807, 2.05) is 0 Å². The first-order chi connectivity index (χ1) is 16.9. The average molecular weight is 473 g/mol. The molecule has 2 aromatic heterocycles. The van der Waals surface area contributed by atoms with Crippen molar-refractivity contribution in [1.82, 2.24) is 9.55 Å². The predicted molar refractivity (Wildman–Crippen MR) is 127 cm³/mol. The Bertz CT molecular complexity index is 1360. The van der Waals surface area contributed by atoms with E-state index >= 15 is 0 Å². The van der Waals surface area contributed by atoms with E-state index < -0.39 is 23.4 Å². The first-order valence-electron chi connectivity index (χ1n) is 10.7. The van der Waals surface area contributed by atoms with Crippen LogP contribution < -0.4 is 14.8 Å². The largest absolute Gasteiger partial charge is 0.493 e. The molecule has 0 aliphatic heterocycles. The number of imidazole rings is 1. The van der Waals surface area contributed by atoms with E-state index in [2.05, 4.69) is 10.3 Å². The van der Waals surface area contributed by atoms with E-state index in [1.165, 1.54) is 44.9 Å². The lowest BCUT2D eigenvalue weighted by Gasteiger charge is -2.19. The van der Waals surface area contributed by atoms with Crippen LogP contribution in [0.4, 0.5) is 5.69 Å². The van der Waals surface area contributed by atoms with Crippen molar-refractivity contribution in [3.05, 3.63) is 96.0 Å². The summed E-state index contributed by atoms with van der Waals surface area (Å²) in [6, 6.07) is 14.5. The first kappa shape index (κ1) is 23.5. The second-order valence-corrected chi connectivity index (χ2v) is 7.61. The summed E-state index contributed by atoms with van der Waals surface area (Å²) in [7, 11) is 4.57. The zero-order valence-electron chi connectivity index (χ0n) is 19.3. The molecule has 4 aromatic rings. The molecule has 178 valence electrons. The third-order valence-electron chi connectivity index (χ3n) is 5.48. The zero-order chi connectivity index (χ0) is 24.9. The molecular weight excluding hydrogens is 450 g/mol. The molecule has 0 unspecified atom stereocenters. The Morgan fingerprint density at radius 2 is 1.69 bits per heavy atom. The standard InChI is InChI=1S/C26H23N3O6/c1-29-12-11-27-25(29)22(23(30)16-8-5-4-6-9-16)24(31)17-14-20(33-2)21(34-3)15-18(17)28-26(32)19-10-7-13-35-19/h4-15,22H,1-3H3,(H,28,32)/t22-/m0/s1. The van der Waals surface area contributed by atoms with Gasteiger partial charge >= 0.3 is 0 Å². The molecule has 0 saturated carbocycles. The minimum absolute atomic E-state index is 0.0548. The van der Waals surface area contributed by atoms with E-state index in [0.717, 1.165) is 0 Å². The van der Waals surface area contributed by atoms with Crippen LogP contribution in [0.3, 0.4) is 0 Å². The molecule has 4 rings (SSSR count). The maximum absolute atomic E-state index is 14.0. The highest BCUT2D eigenvalue weighted by atomic mass is 16.5. The summed E-state index contributed by atoms with van der Waals surface area (Å²) in [5.74, 6) is -1.96. The van der Waals surface area contributed by atoms with E-state index in [1.54, 1.807) is 54.2 Å². The number of carbonyl (C=O) groups excluding carboxylic acids is 3. The highest BCUT2D eigenvalue weighted by Crippen LogP contribution is 2.36. The van der Waals surface area contributed by atoms with Gasteiger partial charge in [-0.25, -0.2) is 4.98 Å². The van der Waals surface area contributed by atoms with Crippen molar-refractivity contribution in [3.63, 3.8) is 0 Å². The van der Waals surface area contributed by atoms with Crippen LogP contribution in [-0.2, 0) is 7.05 Å². The smallest absolute Gasteiger partial charge is 0.291 e. The van der Waals surface area contributed by atoms with E-state index in [-0.39, 0.29) is 28.6 Å². The van der Waals surface area contributed by atoms with Crippen molar-refractivity contribution in [3.8, 4) is 11.5 Å². The molecule has 0 aliphatic carbocycles. The second kappa shape index (κ2) is 10.1. The van der Waals surface area contributed by atoms with Crippen LogP contribution in [0.15, 0.2) is 77.7 Å². The molecule has 0 aliphatic rings. The van der Waals surface area contributed by atoms with Gasteiger partial charge in [-0.2, -0.15) is 0 Å². The maximum Gasteiger partial charge on any atom is 0.291 e. The molecule has 1 N–H and O–H groups in total. The number of Topliss-reactive ketones (excluding diaryl/α,β-unsaturated/α-hetero) is 2. The number of rotatable bonds is 9. The number of nitrogens with zero attached hydrogens (tertiary/aromatic N) is 2. The van der Waals surface area contributed by atoms with Crippen molar-refractivity contribution < 1.29 is 28.3 Å². The van der Waals surface area contributed by atoms with Gasteiger partial charge in [0.2, 0.25) is 0 Å². The van der Waals surface area contributed by atoms with Gasteiger partial charge in [0.15, 0.2) is 28.8 Å². The number of methoxy groups -OCH3 is 2. The molecule has 0 bridgehead atoms. The van der Waals surface area contributed by atoms with E-state index in [4.69, 9.17) is 13.9 Å². The molecule has 0 radical (unpaired) electrons. The number of nitrogens with one attached hydrogen (secondary N) is 1. The monoisotopic (exact) mass is 473 g/mol. The zero-order valence-corrected chi connectivity index (χ0v) is 19.3. The maximum atomic E-state index is 14.0. The van der Waals surface area contributed by atoms with Crippen molar-refractivity contribution in [1.29, 1.82) is 0 Å².